The second-order valence-corrected chi connectivity index (χ2v) is 11.8. The van der Waals surface area contributed by atoms with Gasteiger partial charge in [0, 0.05) is 51.8 Å². The highest BCUT2D eigenvalue weighted by Gasteiger charge is 2.26. The summed E-state index contributed by atoms with van der Waals surface area (Å²) in [6, 6.07) is 14.2. The van der Waals surface area contributed by atoms with Crippen LogP contribution in [0.5, 0.6) is 0 Å². The van der Waals surface area contributed by atoms with Crippen molar-refractivity contribution < 1.29 is 14.3 Å². The molecular weight excluding hydrogens is 593 g/mol. The molecule has 212 valence electrons. The van der Waals surface area contributed by atoms with Gasteiger partial charge in [-0.2, -0.15) is 0 Å². The molecule has 0 amide bonds. The molecule has 1 N–H and O–H groups in total. The van der Waals surface area contributed by atoms with E-state index in [2.05, 4.69) is 16.5 Å². The number of fused-ring (bicyclic) bond motifs is 1. The second-order valence-electron chi connectivity index (χ2n) is 10.5. The molecule has 9 heteroatoms. The fourth-order valence-corrected chi connectivity index (χ4v) is 5.69. The fraction of sp³-hybridized carbons (Fsp3) is 0.121. The summed E-state index contributed by atoms with van der Waals surface area (Å²) in [7, 11) is 0. The van der Waals surface area contributed by atoms with Crippen molar-refractivity contribution in [2.75, 3.05) is 0 Å². The van der Waals surface area contributed by atoms with Crippen LogP contribution in [0.1, 0.15) is 42.4 Å². The Morgan fingerprint density at radius 2 is 1.79 bits per heavy atom. The van der Waals surface area contributed by atoms with E-state index in [0.717, 1.165) is 10.9 Å². The SMILES string of the molecule is C=Cc1ccc(-c2[nH]cc(-c3c(Cl)cc(Cl)cc3Cl)c2C(=O)n2ccc3c(/C=C/C(=O)OC(C)(C)C)cccc32)cn1. The van der Waals surface area contributed by atoms with E-state index in [1.807, 2.05) is 57.2 Å². The number of hydrogen-bond acceptors (Lipinski definition) is 4. The lowest BCUT2D eigenvalue weighted by atomic mass is 9.99. The van der Waals surface area contributed by atoms with Crippen LogP contribution < -0.4 is 0 Å². The number of aromatic amines is 1. The molecule has 0 fully saturated rings. The second kappa shape index (κ2) is 11.6. The average molecular weight is 619 g/mol. The van der Waals surface area contributed by atoms with E-state index in [9.17, 15) is 9.59 Å². The Morgan fingerprint density at radius 3 is 2.43 bits per heavy atom. The first kappa shape index (κ1) is 29.4. The summed E-state index contributed by atoms with van der Waals surface area (Å²) >= 11 is 19.4. The summed E-state index contributed by atoms with van der Waals surface area (Å²) in [6.07, 6.45) is 9.77. The molecule has 0 saturated carbocycles. The van der Waals surface area contributed by atoms with Gasteiger partial charge in [-0.3, -0.25) is 14.3 Å². The van der Waals surface area contributed by atoms with E-state index in [1.165, 1.54) is 6.08 Å². The number of hydrogen-bond donors (Lipinski definition) is 1. The Hall–Kier alpha value is -4.10. The van der Waals surface area contributed by atoms with Crippen LogP contribution in [-0.4, -0.2) is 32.0 Å². The van der Waals surface area contributed by atoms with Crippen molar-refractivity contribution >= 4 is 69.7 Å². The van der Waals surface area contributed by atoms with Gasteiger partial charge >= 0.3 is 5.97 Å². The number of esters is 1. The number of ether oxygens (including phenoxy) is 1. The molecule has 0 aliphatic rings. The lowest BCUT2D eigenvalue weighted by Gasteiger charge is -2.17. The Balaban J connectivity index is 1.65. The Labute approximate surface area is 258 Å². The molecule has 0 radical (unpaired) electrons. The number of rotatable bonds is 6. The van der Waals surface area contributed by atoms with Gasteiger partial charge in [-0.1, -0.05) is 53.5 Å². The molecule has 3 heterocycles. The summed E-state index contributed by atoms with van der Waals surface area (Å²) in [5, 5.41) is 1.77. The number of carbonyl (C=O) groups excluding carboxylic acids is 2. The standard InChI is InChI=1S/C33H26Cl3N3O3/c1-5-22-11-9-20(17-37-22)31-30(24(18-38-31)29-25(35)15-21(34)16-26(29)36)32(41)39-14-13-23-19(7-6-8-27(23)39)10-12-28(40)42-33(2,3)4/h5-18,38H,1H2,2-4H3/b12-10+. The third-order valence-corrected chi connectivity index (χ3v) is 7.26. The highest BCUT2D eigenvalue weighted by atomic mass is 35.5. The van der Waals surface area contributed by atoms with Gasteiger partial charge in [-0.05, 0) is 74.9 Å². The van der Waals surface area contributed by atoms with Crippen molar-refractivity contribution in [2.24, 2.45) is 0 Å². The minimum atomic E-state index is -0.605. The summed E-state index contributed by atoms with van der Waals surface area (Å²) in [5.74, 6) is -0.774. The molecule has 0 atom stereocenters. The number of benzene rings is 2. The van der Waals surface area contributed by atoms with Crippen LogP contribution in [0.3, 0.4) is 0 Å². The van der Waals surface area contributed by atoms with Gasteiger partial charge in [0.2, 0.25) is 0 Å². The van der Waals surface area contributed by atoms with Gasteiger partial charge in [0.05, 0.1) is 32.5 Å². The first-order chi connectivity index (χ1) is 20.0. The maximum Gasteiger partial charge on any atom is 0.331 e. The number of carbonyl (C=O) groups is 2. The first-order valence-corrected chi connectivity index (χ1v) is 14.1. The molecule has 3 aromatic heterocycles. The zero-order valence-corrected chi connectivity index (χ0v) is 25.3. The van der Waals surface area contributed by atoms with Gasteiger partial charge in [-0.15, -0.1) is 0 Å². The molecule has 0 saturated heterocycles. The molecule has 0 aliphatic carbocycles. The van der Waals surface area contributed by atoms with E-state index < -0.39 is 11.6 Å². The minimum absolute atomic E-state index is 0.305. The van der Waals surface area contributed by atoms with Crippen molar-refractivity contribution in [3.8, 4) is 22.4 Å². The maximum atomic E-state index is 14.4. The lowest BCUT2D eigenvalue weighted by Crippen LogP contribution is -2.22. The number of nitrogens with zero attached hydrogens (tertiary/aromatic N) is 2. The van der Waals surface area contributed by atoms with Crippen LogP contribution in [0.15, 0.2) is 79.8 Å². The topological polar surface area (TPSA) is 77.0 Å². The molecule has 2 aromatic carbocycles. The van der Waals surface area contributed by atoms with Crippen molar-refractivity contribution in [3.05, 3.63) is 112 Å². The maximum absolute atomic E-state index is 14.4. The van der Waals surface area contributed by atoms with Gasteiger partial charge < -0.3 is 9.72 Å². The predicted octanol–water partition coefficient (Wildman–Crippen LogP) is 9.34. The van der Waals surface area contributed by atoms with E-state index in [-0.39, 0.29) is 5.91 Å². The van der Waals surface area contributed by atoms with Crippen LogP contribution >= 0.6 is 34.8 Å². The molecule has 0 unspecified atom stereocenters. The average Bonchev–Trinajstić information content (AvgIpc) is 3.55. The Kier molecular flexibility index (Phi) is 8.15. The van der Waals surface area contributed by atoms with E-state index in [0.29, 0.717) is 54.2 Å². The smallest absolute Gasteiger partial charge is 0.331 e. The number of nitrogens with one attached hydrogen (secondary N) is 1. The number of aromatic nitrogens is 3. The molecule has 5 aromatic rings. The van der Waals surface area contributed by atoms with Crippen LogP contribution in [-0.2, 0) is 9.53 Å². The zero-order chi connectivity index (χ0) is 30.2. The van der Waals surface area contributed by atoms with Gasteiger partial charge in [-0.25, -0.2) is 4.79 Å². The molecule has 0 aliphatic heterocycles. The summed E-state index contributed by atoms with van der Waals surface area (Å²) in [4.78, 5) is 34.4. The number of halogens is 3. The van der Waals surface area contributed by atoms with Gasteiger partial charge in [0.15, 0.2) is 0 Å². The van der Waals surface area contributed by atoms with Crippen molar-refractivity contribution in [1.82, 2.24) is 14.5 Å². The quantitative estimate of drug-likeness (QED) is 0.152. The Morgan fingerprint density at radius 1 is 1.05 bits per heavy atom. The molecule has 6 nitrogen and oxygen atoms in total. The zero-order valence-electron chi connectivity index (χ0n) is 23.0. The highest BCUT2D eigenvalue weighted by molar-refractivity contribution is 6.42. The van der Waals surface area contributed by atoms with Crippen LogP contribution in [0.25, 0.3) is 45.4 Å². The highest BCUT2D eigenvalue weighted by Crippen LogP contribution is 2.42. The minimum Gasteiger partial charge on any atom is -0.457 e. The summed E-state index contributed by atoms with van der Waals surface area (Å²) < 4.78 is 6.94. The number of H-pyrrole nitrogens is 1. The van der Waals surface area contributed by atoms with E-state index >= 15 is 0 Å². The van der Waals surface area contributed by atoms with E-state index in [1.54, 1.807) is 47.4 Å². The summed E-state index contributed by atoms with van der Waals surface area (Å²) in [6.45, 7) is 9.18. The molecule has 42 heavy (non-hydrogen) atoms. The third kappa shape index (κ3) is 5.93. The molecular formula is C33H26Cl3N3O3. The van der Waals surface area contributed by atoms with Crippen LogP contribution in [0.2, 0.25) is 15.1 Å². The van der Waals surface area contributed by atoms with Crippen molar-refractivity contribution in [2.45, 2.75) is 26.4 Å². The number of pyridine rings is 1. The first-order valence-electron chi connectivity index (χ1n) is 13.0. The van der Waals surface area contributed by atoms with Crippen molar-refractivity contribution in [1.29, 1.82) is 0 Å². The lowest BCUT2D eigenvalue weighted by molar-refractivity contribution is -0.148. The van der Waals surface area contributed by atoms with Crippen LogP contribution in [0, 0.1) is 0 Å². The summed E-state index contributed by atoms with van der Waals surface area (Å²) in [5.41, 5.74) is 4.07. The van der Waals surface area contributed by atoms with Gasteiger partial charge in [0.1, 0.15) is 5.60 Å². The Bertz CT molecular complexity index is 1850. The molecule has 0 spiro atoms. The molecule has 0 bridgehead atoms. The van der Waals surface area contributed by atoms with E-state index in [4.69, 9.17) is 39.5 Å². The fourth-order valence-electron chi connectivity index (χ4n) is 4.67. The van der Waals surface area contributed by atoms with Gasteiger partial charge in [0.25, 0.3) is 5.91 Å². The van der Waals surface area contributed by atoms with Crippen LogP contribution in [0.4, 0.5) is 0 Å². The predicted molar refractivity (Wildman–Crippen MR) is 171 cm³/mol. The monoisotopic (exact) mass is 617 g/mol. The third-order valence-electron chi connectivity index (χ3n) is 6.45. The normalized spacial score (nSPS) is 11.8. The molecule has 5 rings (SSSR count). The largest absolute Gasteiger partial charge is 0.457 e. The van der Waals surface area contributed by atoms with Crippen molar-refractivity contribution in [3.63, 3.8) is 0 Å².